The lowest BCUT2D eigenvalue weighted by Crippen LogP contribution is -2.43. The second-order valence-electron chi connectivity index (χ2n) is 6.32. The maximum Gasteiger partial charge on any atom is 0.230 e. The van der Waals surface area contributed by atoms with Crippen molar-refractivity contribution in [1.29, 1.82) is 0 Å². The van der Waals surface area contributed by atoms with Crippen LogP contribution in [0.15, 0.2) is 18.2 Å². The number of amides is 1. The molecule has 120 valence electrons. The van der Waals surface area contributed by atoms with Crippen LogP contribution < -0.4 is 10.4 Å². The zero-order valence-corrected chi connectivity index (χ0v) is 12.9. The Balaban J connectivity index is 1.57. The Kier molecular flexibility index (Phi) is 3.33. The van der Waals surface area contributed by atoms with Crippen LogP contribution in [-0.2, 0) is 9.59 Å². The van der Waals surface area contributed by atoms with Crippen molar-refractivity contribution >= 4 is 38.6 Å². The van der Waals surface area contributed by atoms with Crippen LogP contribution in [0, 0.1) is 29.5 Å². The number of carboxylic acids is 1. The highest BCUT2D eigenvalue weighted by Crippen LogP contribution is 2.52. The van der Waals surface area contributed by atoms with E-state index in [9.17, 15) is 19.1 Å². The summed E-state index contributed by atoms with van der Waals surface area (Å²) < 4.78 is 13.9. The van der Waals surface area contributed by atoms with Gasteiger partial charge in [0.15, 0.2) is 5.13 Å². The Labute approximate surface area is 135 Å². The van der Waals surface area contributed by atoms with Crippen molar-refractivity contribution in [2.24, 2.45) is 23.7 Å². The van der Waals surface area contributed by atoms with Gasteiger partial charge in [-0.2, -0.15) is 0 Å². The molecule has 2 aromatic rings. The third-order valence-corrected chi connectivity index (χ3v) is 6.01. The highest BCUT2D eigenvalue weighted by molar-refractivity contribution is 7.22. The van der Waals surface area contributed by atoms with Gasteiger partial charge < -0.3 is 15.2 Å². The van der Waals surface area contributed by atoms with E-state index in [1.807, 2.05) is 0 Å². The third-order valence-electron chi connectivity index (χ3n) is 5.07. The number of nitrogens with one attached hydrogen (secondary N) is 1. The average Bonchev–Trinajstić information content (AvgIpc) is 3.18. The van der Waals surface area contributed by atoms with Gasteiger partial charge in [0.2, 0.25) is 5.91 Å². The van der Waals surface area contributed by atoms with Crippen molar-refractivity contribution in [1.82, 2.24) is 4.98 Å². The van der Waals surface area contributed by atoms with Crippen LogP contribution in [0.5, 0.6) is 0 Å². The maximum absolute atomic E-state index is 13.2. The van der Waals surface area contributed by atoms with Crippen LogP contribution in [0.1, 0.15) is 19.3 Å². The second-order valence-corrected chi connectivity index (χ2v) is 7.35. The van der Waals surface area contributed by atoms with Crippen molar-refractivity contribution in [2.45, 2.75) is 19.3 Å². The molecule has 0 saturated heterocycles. The van der Waals surface area contributed by atoms with Gasteiger partial charge >= 0.3 is 0 Å². The number of benzene rings is 1. The van der Waals surface area contributed by atoms with Crippen LogP contribution in [0.2, 0.25) is 0 Å². The first-order valence-corrected chi connectivity index (χ1v) is 8.42. The largest absolute Gasteiger partial charge is 0.550 e. The summed E-state index contributed by atoms with van der Waals surface area (Å²) >= 11 is 1.18. The molecule has 2 fully saturated rings. The van der Waals surface area contributed by atoms with Crippen molar-refractivity contribution in [2.75, 3.05) is 5.32 Å². The van der Waals surface area contributed by atoms with E-state index in [2.05, 4.69) is 10.3 Å². The molecule has 1 aromatic heterocycles. The zero-order valence-electron chi connectivity index (χ0n) is 12.1. The third kappa shape index (κ3) is 2.39. The van der Waals surface area contributed by atoms with Gasteiger partial charge in [0, 0.05) is 17.8 Å². The summed E-state index contributed by atoms with van der Waals surface area (Å²) in [6.07, 6.45) is 2.52. The number of thiazole rings is 1. The minimum absolute atomic E-state index is 0.0465. The minimum atomic E-state index is -1.14. The highest BCUT2D eigenvalue weighted by Gasteiger charge is 2.51. The monoisotopic (exact) mass is 333 g/mol. The van der Waals surface area contributed by atoms with Gasteiger partial charge in [-0.1, -0.05) is 11.3 Å². The van der Waals surface area contributed by atoms with E-state index in [1.165, 1.54) is 23.5 Å². The van der Waals surface area contributed by atoms with Crippen LogP contribution in [0.4, 0.5) is 9.52 Å². The van der Waals surface area contributed by atoms with Gasteiger partial charge in [0.25, 0.3) is 0 Å². The fourth-order valence-electron chi connectivity index (χ4n) is 4.15. The fraction of sp³-hybridized carbons (Fsp3) is 0.438. The predicted molar refractivity (Wildman–Crippen MR) is 81.0 cm³/mol. The number of carbonyl (C=O) groups excluding carboxylic acids is 2. The number of carbonyl (C=O) groups is 2. The minimum Gasteiger partial charge on any atom is -0.550 e. The lowest BCUT2D eigenvalue weighted by Gasteiger charge is -2.30. The zero-order chi connectivity index (χ0) is 16.1. The molecule has 1 aromatic carbocycles. The lowest BCUT2D eigenvalue weighted by molar-refractivity contribution is -0.314. The number of halogens is 1. The number of hydrogen-bond donors (Lipinski definition) is 1. The summed E-state index contributed by atoms with van der Waals surface area (Å²) in [5.41, 5.74) is 0.607. The molecule has 0 radical (unpaired) electrons. The number of nitrogens with zero attached hydrogens (tertiary/aromatic N) is 1. The molecule has 2 aliphatic rings. The second kappa shape index (κ2) is 5.26. The molecule has 5 nitrogen and oxygen atoms in total. The van der Waals surface area contributed by atoms with Gasteiger partial charge in [-0.25, -0.2) is 9.37 Å². The van der Waals surface area contributed by atoms with Crippen LogP contribution in [0.25, 0.3) is 10.2 Å². The number of fused-ring (bicyclic) bond motifs is 3. The molecular weight excluding hydrogens is 319 g/mol. The number of aliphatic carboxylic acids is 1. The summed E-state index contributed by atoms with van der Waals surface area (Å²) in [5, 5.41) is 14.5. The van der Waals surface area contributed by atoms with Crippen molar-refractivity contribution < 1.29 is 19.1 Å². The first kappa shape index (κ1) is 14.6. The molecule has 4 rings (SSSR count). The molecule has 0 unspecified atom stereocenters. The first-order valence-electron chi connectivity index (χ1n) is 7.61. The van der Waals surface area contributed by atoms with Gasteiger partial charge in [-0.3, -0.25) is 4.79 Å². The van der Waals surface area contributed by atoms with E-state index in [4.69, 9.17) is 0 Å². The number of rotatable bonds is 3. The quantitative estimate of drug-likeness (QED) is 0.928. The number of hydrogen-bond acceptors (Lipinski definition) is 5. The molecule has 4 atom stereocenters. The maximum atomic E-state index is 13.2. The highest BCUT2D eigenvalue weighted by atomic mass is 32.1. The van der Waals surface area contributed by atoms with Crippen molar-refractivity contribution in [3.63, 3.8) is 0 Å². The summed E-state index contributed by atoms with van der Waals surface area (Å²) in [5.74, 6) is -2.91. The molecule has 2 bridgehead atoms. The molecule has 1 N–H and O–H groups in total. The molecule has 0 aliphatic heterocycles. The van der Waals surface area contributed by atoms with E-state index in [0.717, 1.165) is 19.3 Å². The molecular formula is C16H14FN2O3S-. The summed E-state index contributed by atoms with van der Waals surface area (Å²) in [4.78, 5) is 28.2. The Morgan fingerprint density at radius 3 is 2.74 bits per heavy atom. The smallest absolute Gasteiger partial charge is 0.230 e. The van der Waals surface area contributed by atoms with Crippen molar-refractivity contribution in [3.8, 4) is 0 Å². The van der Waals surface area contributed by atoms with E-state index < -0.39 is 17.8 Å². The Bertz CT molecular complexity index is 806. The average molecular weight is 333 g/mol. The summed E-state index contributed by atoms with van der Waals surface area (Å²) in [7, 11) is 0. The normalized spacial score (nSPS) is 29.1. The van der Waals surface area contributed by atoms with E-state index >= 15 is 0 Å². The topological polar surface area (TPSA) is 82.1 Å². The van der Waals surface area contributed by atoms with E-state index in [0.29, 0.717) is 15.3 Å². The van der Waals surface area contributed by atoms with Gasteiger partial charge in [-0.15, -0.1) is 0 Å². The molecule has 1 amide bonds. The van der Waals surface area contributed by atoms with Crippen LogP contribution in [-0.4, -0.2) is 16.9 Å². The first-order chi connectivity index (χ1) is 11.0. The number of anilines is 1. The SMILES string of the molecule is O=C(Nc1nc2ccc(F)cc2s1)[C@@H]1[C@H]2CC[C@@H](C2)[C@@H]1C(=O)[O-]. The molecule has 7 heteroatoms. The van der Waals surface area contributed by atoms with Gasteiger partial charge in [-0.05, 0) is 49.3 Å². The molecule has 23 heavy (non-hydrogen) atoms. The predicted octanol–water partition coefficient (Wildman–Crippen LogP) is 1.79. The Hall–Kier alpha value is -2.02. The Morgan fingerprint density at radius 2 is 2.00 bits per heavy atom. The fourth-order valence-corrected chi connectivity index (χ4v) is 5.04. The lowest BCUT2D eigenvalue weighted by atomic mass is 9.79. The molecule has 2 aliphatic carbocycles. The van der Waals surface area contributed by atoms with Crippen LogP contribution in [0.3, 0.4) is 0 Å². The van der Waals surface area contributed by atoms with Crippen molar-refractivity contribution in [3.05, 3.63) is 24.0 Å². The summed E-state index contributed by atoms with van der Waals surface area (Å²) in [6.45, 7) is 0. The molecule has 1 heterocycles. The van der Waals surface area contributed by atoms with Gasteiger partial charge in [0.05, 0.1) is 10.2 Å². The standard InChI is InChI=1S/C16H15FN2O3S/c17-9-3-4-10-11(6-9)23-16(18-10)19-14(20)12-7-1-2-8(5-7)13(12)15(21)22/h3-4,6-8,12-13H,1-2,5H2,(H,21,22)(H,18,19,20)/p-1/t7-,8-,12+,13-/m0/s1. The Morgan fingerprint density at radius 1 is 1.26 bits per heavy atom. The van der Waals surface area contributed by atoms with E-state index in [-0.39, 0.29) is 23.6 Å². The van der Waals surface area contributed by atoms with Gasteiger partial charge in [0.1, 0.15) is 5.82 Å². The van der Waals surface area contributed by atoms with E-state index in [1.54, 1.807) is 6.07 Å². The number of aromatic nitrogens is 1. The molecule has 2 saturated carbocycles. The molecule has 0 spiro atoms. The number of carboxylic acid groups (broad SMARTS) is 1. The summed E-state index contributed by atoms with van der Waals surface area (Å²) in [6, 6.07) is 4.23. The van der Waals surface area contributed by atoms with Crippen LogP contribution >= 0.6 is 11.3 Å².